The summed E-state index contributed by atoms with van der Waals surface area (Å²) in [4.78, 5) is 14.6. The molecule has 0 saturated heterocycles. The maximum absolute atomic E-state index is 11.8. The summed E-state index contributed by atoms with van der Waals surface area (Å²) in [6.07, 6.45) is 1.36. The van der Waals surface area contributed by atoms with Crippen LogP contribution in [0.3, 0.4) is 0 Å². The van der Waals surface area contributed by atoms with Gasteiger partial charge in [0.15, 0.2) is 0 Å². The number of benzene rings is 1. The van der Waals surface area contributed by atoms with E-state index in [1.807, 2.05) is 6.07 Å². The third-order valence-electron chi connectivity index (χ3n) is 2.06. The normalized spacial score (nSPS) is 10.2. The van der Waals surface area contributed by atoms with Gasteiger partial charge in [0.05, 0.1) is 15.9 Å². The van der Waals surface area contributed by atoms with Crippen molar-refractivity contribution in [3.8, 4) is 6.07 Å². The molecule has 0 amide bonds. The number of rotatable bonds is 0. The van der Waals surface area contributed by atoms with Crippen molar-refractivity contribution in [3.63, 3.8) is 0 Å². The van der Waals surface area contributed by atoms with Gasteiger partial charge >= 0.3 is 0 Å². The summed E-state index contributed by atoms with van der Waals surface area (Å²) in [5.74, 6) is 0. The number of nitrogens with zero attached hydrogens (tertiary/aromatic N) is 1. The smallest absolute Gasteiger partial charge is 0.208 e. The second-order valence-corrected chi connectivity index (χ2v) is 4.18. The van der Waals surface area contributed by atoms with Crippen molar-refractivity contribution >= 4 is 38.4 Å². The highest BCUT2D eigenvalue weighted by Gasteiger charge is 2.10. The Balaban J connectivity index is 3.07. The predicted molar refractivity (Wildman–Crippen MR) is 62.0 cm³/mol. The molecule has 0 aliphatic carbocycles. The van der Waals surface area contributed by atoms with E-state index in [1.54, 1.807) is 12.1 Å². The Hall–Kier alpha value is -1.31. The van der Waals surface area contributed by atoms with Crippen LogP contribution in [-0.2, 0) is 0 Å². The molecule has 0 unspecified atom stereocenters. The van der Waals surface area contributed by atoms with Crippen molar-refractivity contribution < 1.29 is 0 Å². The lowest BCUT2D eigenvalue weighted by atomic mass is 10.1. The first-order valence-electron chi connectivity index (χ1n) is 4.04. The van der Waals surface area contributed by atoms with E-state index in [0.29, 0.717) is 20.4 Å². The highest BCUT2D eigenvalue weighted by Crippen LogP contribution is 2.26. The van der Waals surface area contributed by atoms with E-state index in [2.05, 4.69) is 20.9 Å². The first-order chi connectivity index (χ1) is 7.15. The number of nitrogens with one attached hydrogen (secondary N) is 1. The topological polar surface area (TPSA) is 56.6 Å². The van der Waals surface area contributed by atoms with E-state index in [1.165, 1.54) is 6.20 Å². The molecule has 0 radical (unpaired) electrons. The van der Waals surface area contributed by atoms with Crippen LogP contribution in [0.25, 0.3) is 10.9 Å². The summed E-state index contributed by atoms with van der Waals surface area (Å²) >= 11 is 9.18. The summed E-state index contributed by atoms with van der Waals surface area (Å²) < 4.78 is 0.625. The summed E-state index contributed by atoms with van der Waals surface area (Å²) in [5, 5.41) is 9.58. The molecule has 0 bridgehead atoms. The van der Waals surface area contributed by atoms with Gasteiger partial charge in [-0.15, -0.1) is 0 Å². The number of H-pyrrole nitrogens is 1. The lowest BCUT2D eigenvalue weighted by Crippen LogP contribution is -2.07. The monoisotopic (exact) mass is 282 g/mol. The highest BCUT2D eigenvalue weighted by molar-refractivity contribution is 9.10. The fourth-order valence-corrected chi connectivity index (χ4v) is 2.07. The van der Waals surface area contributed by atoms with E-state index in [9.17, 15) is 4.79 Å². The first kappa shape index (κ1) is 10.2. The molecular weight excluding hydrogens is 279 g/mol. The third-order valence-corrected chi connectivity index (χ3v) is 3.03. The maximum Gasteiger partial charge on any atom is 0.208 e. The Morgan fingerprint density at radius 3 is 2.87 bits per heavy atom. The Morgan fingerprint density at radius 2 is 2.20 bits per heavy atom. The predicted octanol–water partition coefficient (Wildman–Crippen LogP) is 2.82. The van der Waals surface area contributed by atoms with E-state index >= 15 is 0 Å². The number of hydrogen-bond acceptors (Lipinski definition) is 2. The van der Waals surface area contributed by atoms with Gasteiger partial charge in [-0.3, -0.25) is 4.79 Å². The van der Waals surface area contributed by atoms with Crippen LogP contribution in [0.1, 0.15) is 5.56 Å². The number of aromatic nitrogens is 1. The Morgan fingerprint density at radius 1 is 1.47 bits per heavy atom. The summed E-state index contributed by atoms with van der Waals surface area (Å²) in [6.45, 7) is 0. The fourth-order valence-electron chi connectivity index (χ4n) is 1.34. The van der Waals surface area contributed by atoms with Crippen LogP contribution < -0.4 is 5.43 Å². The number of pyridine rings is 1. The minimum Gasteiger partial charge on any atom is -0.358 e. The van der Waals surface area contributed by atoms with Gasteiger partial charge in [-0.1, -0.05) is 11.6 Å². The number of fused-ring (bicyclic) bond motifs is 1. The van der Waals surface area contributed by atoms with Crippen LogP contribution in [0.5, 0.6) is 0 Å². The Labute approximate surface area is 98.4 Å². The van der Waals surface area contributed by atoms with Crippen molar-refractivity contribution in [3.05, 3.63) is 43.6 Å². The average molecular weight is 284 g/mol. The highest BCUT2D eigenvalue weighted by atomic mass is 79.9. The molecule has 0 spiro atoms. The van der Waals surface area contributed by atoms with Gasteiger partial charge in [-0.25, -0.2) is 0 Å². The van der Waals surface area contributed by atoms with Gasteiger partial charge in [-0.2, -0.15) is 5.26 Å². The summed E-state index contributed by atoms with van der Waals surface area (Å²) in [7, 11) is 0. The van der Waals surface area contributed by atoms with Crippen LogP contribution in [0.15, 0.2) is 27.6 Å². The molecule has 3 nitrogen and oxygen atoms in total. The number of nitriles is 1. The largest absolute Gasteiger partial charge is 0.358 e. The lowest BCUT2D eigenvalue weighted by Gasteiger charge is -2.02. The minimum absolute atomic E-state index is 0.0745. The van der Waals surface area contributed by atoms with Crippen LogP contribution in [0.2, 0.25) is 5.02 Å². The van der Waals surface area contributed by atoms with E-state index < -0.39 is 0 Å². The molecule has 15 heavy (non-hydrogen) atoms. The fraction of sp³-hybridized carbons (Fsp3) is 0. The molecule has 0 saturated carbocycles. The number of aromatic amines is 1. The SMILES string of the molecule is N#Cc1c[nH]c2c(Cl)ccc(Br)c2c1=O. The van der Waals surface area contributed by atoms with Crippen molar-refractivity contribution in [1.82, 2.24) is 4.98 Å². The summed E-state index contributed by atoms with van der Waals surface area (Å²) in [6, 6.07) is 5.18. The molecular formula is C10H4BrClN2O. The number of hydrogen-bond donors (Lipinski definition) is 1. The molecule has 5 heteroatoms. The second-order valence-electron chi connectivity index (χ2n) is 2.92. The van der Waals surface area contributed by atoms with Gasteiger partial charge in [-0.05, 0) is 28.1 Å². The standard InChI is InChI=1S/C10H4BrClN2O/c11-6-1-2-7(12)9-8(6)10(15)5(3-13)4-14-9/h1-2,4H,(H,14,15). The van der Waals surface area contributed by atoms with Crippen molar-refractivity contribution in [2.45, 2.75) is 0 Å². The maximum atomic E-state index is 11.8. The Kier molecular flexibility index (Phi) is 2.51. The molecule has 2 aromatic rings. The van der Waals surface area contributed by atoms with Crippen LogP contribution in [0.4, 0.5) is 0 Å². The minimum atomic E-state index is -0.319. The molecule has 2 rings (SSSR count). The first-order valence-corrected chi connectivity index (χ1v) is 5.21. The molecule has 1 aromatic heterocycles. The second kappa shape index (κ2) is 3.69. The molecule has 0 fully saturated rings. The van der Waals surface area contributed by atoms with Gasteiger partial charge < -0.3 is 4.98 Å². The molecule has 0 atom stereocenters. The molecule has 1 N–H and O–H groups in total. The quantitative estimate of drug-likeness (QED) is 0.808. The van der Waals surface area contributed by atoms with Gasteiger partial charge in [0, 0.05) is 10.7 Å². The van der Waals surface area contributed by atoms with E-state index in [0.717, 1.165) is 0 Å². The zero-order chi connectivity index (χ0) is 11.0. The van der Waals surface area contributed by atoms with Crippen LogP contribution >= 0.6 is 27.5 Å². The Bertz CT molecular complexity index is 642. The molecule has 0 aliphatic rings. The van der Waals surface area contributed by atoms with Crippen molar-refractivity contribution in [1.29, 1.82) is 5.26 Å². The molecule has 0 aliphatic heterocycles. The van der Waals surface area contributed by atoms with E-state index in [-0.39, 0.29) is 11.0 Å². The lowest BCUT2D eigenvalue weighted by molar-refractivity contribution is 1.34. The van der Waals surface area contributed by atoms with Gasteiger partial charge in [0.2, 0.25) is 5.43 Å². The van der Waals surface area contributed by atoms with Crippen molar-refractivity contribution in [2.75, 3.05) is 0 Å². The third kappa shape index (κ3) is 1.54. The van der Waals surface area contributed by atoms with Crippen LogP contribution in [0, 0.1) is 11.3 Å². The van der Waals surface area contributed by atoms with Crippen LogP contribution in [-0.4, -0.2) is 4.98 Å². The van der Waals surface area contributed by atoms with E-state index in [4.69, 9.17) is 16.9 Å². The molecule has 1 aromatic carbocycles. The zero-order valence-electron chi connectivity index (χ0n) is 7.34. The molecule has 74 valence electrons. The zero-order valence-corrected chi connectivity index (χ0v) is 9.69. The van der Waals surface area contributed by atoms with Gasteiger partial charge in [0.1, 0.15) is 11.6 Å². The number of halogens is 2. The summed E-state index contributed by atoms with van der Waals surface area (Å²) in [5.41, 5.74) is 0.293. The van der Waals surface area contributed by atoms with Gasteiger partial charge in [0.25, 0.3) is 0 Å². The molecule has 1 heterocycles. The average Bonchev–Trinajstić information content (AvgIpc) is 2.23. The van der Waals surface area contributed by atoms with Crippen molar-refractivity contribution in [2.24, 2.45) is 0 Å².